The van der Waals surface area contributed by atoms with Gasteiger partial charge in [-0.05, 0) is 43.3 Å². The van der Waals surface area contributed by atoms with Crippen molar-refractivity contribution in [1.29, 1.82) is 0 Å². The zero-order valence-corrected chi connectivity index (χ0v) is 10.5. The molecule has 0 fully saturated rings. The van der Waals surface area contributed by atoms with Crippen LogP contribution >= 0.6 is 11.3 Å². The molecule has 0 saturated heterocycles. The maximum atomic E-state index is 12.7. The lowest BCUT2D eigenvalue weighted by Gasteiger charge is -1.98. The summed E-state index contributed by atoms with van der Waals surface area (Å²) in [5.41, 5.74) is 2.76. The first-order chi connectivity index (χ1) is 8.65. The van der Waals surface area contributed by atoms with Crippen molar-refractivity contribution in [3.8, 4) is 0 Å². The molecule has 1 aromatic heterocycles. The van der Waals surface area contributed by atoms with Crippen molar-refractivity contribution in [1.82, 2.24) is 5.43 Å². The molecule has 1 aromatic carbocycles. The molecule has 2 rings (SSSR count). The van der Waals surface area contributed by atoms with Gasteiger partial charge in [-0.15, -0.1) is 11.3 Å². The first-order valence-electron chi connectivity index (χ1n) is 5.30. The minimum atomic E-state index is -0.371. The Bertz CT molecular complexity index is 575. The van der Waals surface area contributed by atoms with Crippen molar-refractivity contribution in [2.24, 2.45) is 5.10 Å². The van der Waals surface area contributed by atoms with E-state index in [4.69, 9.17) is 0 Å². The highest BCUT2D eigenvalue weighted by molar-refractivity contribution is 7.13. The molecule has 2 aromatic rings. The SMILES string of the molecule is Cc1ccc(C=NNC(=O)c2ccc(F)cc2)s1. The fraction of sp³-hybridized carbons (Fsp3) is 0.0769. The van der Waals surface area contributed by atoms with Crippen LogP contribution in [0, 0.1) is 12.7 Å². The molecule has 0 spiro atoms. The van der Waals surface area contributed by atoms with Crippen molar-refractivity contribution >= 4 is 23.5 Å². The zero-order chi connectivity index (χ0) is 13.0. The number of thiophene rings is 1. The minimum absolute atomic E-state index is 0.362. The molecule has 92 valence electrons. The minimum Gasteiger partial charge on any atom is -0.267 e. The number of hydrazone groups is 1. The summed E-state index contributed by atoms with van der Waals surface area (Å²) in [6.07, 6.45) is 1.58. The largest absolute Gasteiger partial charge is 0.271 e. The molecule has 0 aliphatic carbocycles. The van der Waals surface area contributed by atoms with Gasteiger partial charge in [0.1, 0.15) is 5.82 Å². The number of nitrogens with one attached hydrogen (secondary N) is 1. The van der Waals surface area contributed by atoms with E-state index in [1.54, 1.807) is 17.6 Å². The Labute approximate surface area is 108 Å². The summed E-state index contributed by atoms with van der Waals surface area (Å²) in [5.74, 6) is -0.733. The lowest BCUT2D eigenvalue weighted by atomic mass is 10.2. The van der Waals surface area contributed by atoms with E-state index in [1.165, 1.54) is 29.1 Å². The highest BCUT2D eigenvalue weighted by Crippen LogP contribution is 2.12. The number of aryl methyl sites for hydroxylation is 1. The van der Waals surface area contributed by atoms with Gasteiger partial charge in [0, 0.05) is 15.3 Å². The summed E-state index contributed by atoms with van der Waals surface area (Å²) in [5, 5.41) is 3.85. The van der Waals surface area contributed by atoms with Gasteiger partial charge in [0.05, 0.1) is 6.21 Å². The molecular formula is C13H11FN2OS. The van der Waals surface area contributed by atoms with E-state index in [-0.39, 0.29) is 11.7 Å². The molecule has 0 radical (unpaired) electrons. The summed E-state index contributed by atoms with van der Waals surface area (Å²) >= 11 is 1.59. The van der Waals surface area contributed by atoms with Gasteiger partial charge in [-0.3, -0.25) is 4.79 Å². The second-order valence-corrected chi connectivity index (χ2v) is 4.97. The van der Waals surface area contributed by atoms with Crippen LogP contribution in [0.3, 0.4) is 0 Å². The molecular weight excluding hydrogens is 251 g/mol. The fourth-order valence-corrected chi connectivity index (χ4v) is 2.09. The van der Waals surface area contributed by atoms with Crippen molar-refractivity contribution < 1.29 is 9.18 Å². The van der Waals surface area contributed by atoms with E-state index >= 15 is 0 Å². The molecule has 0 aliphatic heterocycles. The van der Waals surface area contributed by atoms with Crippen LogP contribution in [-0.4, -0.2) is 12.1 Å². The number of carbonyl (C=O) groups is 1. The lowest BCUT2D eigenvalue weighted by Crippen LogP contribution is -2.17. The average Bonchev–Trinajstić information content (AvgIpc) is 2.76. The zero-order valence-electron chi connectivity index (χ0n) is 9.68. The molecule has 0 atom stereocenters. The number of benzene rings is 1. The Morgan fingerprint density at radius 1 is 1.28 bits per heavy atom. The van der Waals surface area contributed by atoms with E-state index < -0.39 is 0 Å². The molecule has 5 heteroatoms. The molecule has 0 saturated carbocycles. The summed E-state index contributed by atoms with van der Waals surface area (Å²) in [6.45, 7) is 2.00. The topological polar surface area (TPSA) is 41.5 Å². The van der Waals surface area contributed by atoms with Gasteiger partial charge < -0.3 is 0 Å². The summed E-state index contributed by atoms with van der Waals surface area (Å²) in [4.78, 5) is 13.8. The van der Waals surface area contributed by atoms with Gasteiger partial charge in [-0.2, -0.15) is 5.10 Å². The third-order valence-electron chi connectivity index (χ3n) is 2.23. The standard InChI is InChI=1S/C13H11FN2OS/c1-9-2-7-12(18-9)8-15-16-13(17)10-3-5-11(14)6-4-10/h2-8H,1H3,(H,16,17). The number of hydrogen-bond acceptors (Lipinski definition) is 3. The number of rotatable bonds is 3. The summed E-state index contributed by atoms with van der Waals surface area (Å²) < 4.78 is 12.7. The molecule has 0 aliphatic rings. The van der Waals surface area contributed by atoms with Crippen LogP contribution in [0.5, 0.6) is 0 Å². The van der Waals surface area contributed by atoms with Gasteiger partial charge in [-0.1, -0.05) is 0 Å². The molecule has 18 heavy (non-hydrogen) atoms. The predicted molar refractivity (Wildman–Crippen MR) is 70.5 cm³/mol. The Morgan fingerprint density at radius 3 is 2.61 bits per heavy atom. The van der Waals surface area contributed by atoms with Crippen LogP contribution in [-0.2, 0) is 0 Å². The Kier molecular flexibility index (Phi) is 3.84. The first kappa shape index (κ1) is 12.4. The van der Waals surface area contributed by atoms with Crippen LogP contribution in [0.1, 0.15) is 20.1 Å². The number of amides is 1. The van der Waals surface area contributed by atoms with E-state index in [2.05, 4.69) is 10.5 Å². The number of carbonyl (C=O) groups excluding carboxylic acids is 1. The third-order valence-corrected chi connectivity index (χ3v) is 3.16. The van der Waals surface area contributed by atoms with Gasteiger partial charge in [0.2, 0.25) is 0 Å². The van der Waals surface area contributed by atoms with Crippen molar-refractivity contribution in [2.45, 2.75) is 6.92 Å². The number of hydrogen-bond donors (Lipinski definition) is 1. The number of halogens is 1. The average molecular weight is 262 g/mol. The van der Waals surface area contributed by atoms with Crippen LogP contribution in [0.25, 0.3) is 0 Å². The van der Waals surface area contributed by atoms with Crippen molar-refractivity contribution in [3.05, 3.63) is 57.5 Å². The Morgan fingerprint density at radius 2 is 2.00 bits per heavy atom. The smallest absolute Gasteiger partial charge is 0.267 e. The van der Waals surface area contributed by atoms with E-state index in [1.807, 2.05) is 19.1 Å². The van der Waals surface area contributed by atoms with Crippen LogP contribution < -0.4 is 5.43 Å². The Hall–Kier alpha value is -2.01. The predicted octanol–water partition coefficient (Wildman–Crippen LogP) is 2.96. The maximum absolute atomic E-state index is 12.7. The molecule has 0 bridgehead atoms. The highest BCUT2D eigenvalue weighted by atomic mass is 32.1. The van der Waals surface area contributed by atoms with Gasteiger partial charge >= 0.3 is 0 Å². The van der Waals surface area contributed by atoms with Gasteiger partial charge in [0.25, 0.3) is 5.91 Å². The van der Waals surface area contributed by atoms with E-state index in [0.717, 1.165) is 4.88 Å². The number of nitrogens with zero attached hydrogens (tertiary/aromatic N) is 1. The molecule has 1 N–H and O–H groups in total. The van der Waals surface area contributed by atoms with Crippen LogP contribution in [0.2, 0.25) is 0 Å². The summed E-state index contributed by atoms with van der Waals surface area (Å²) in [6, 6.07) is 9.20. The van der Waals surface area contributed by atoms with Gasteiger partial charge in [0.15, 0.2) is 0 Å². The molecule has 1 heterocycles. The van der Waals surface area contributed by atoms with Crippen molar-refractivity contribution in [3.63, 3.8) is 0 Å². The van der Waals surface area contributed by atoms with Gasteiger partial charge in [-0.25, -0.2) is 9.82 Å². The van der Waals surface area contributed by atoms with E-state index in [0.29, 0.717) is 5.56 Å². The summed E-state index contributed by atoms with van der Waals surface area (Å²) in [7, 11) is 0. The fourth-order valence-electron chi connectivity index (χ4n) is 1.34. The third kappa shape index (κ3) is 3.24. The van der Waals surface area contributed by atoms with E-state index in [9.17, 15) is 9.18 Å². The maximum Gasteiger partial charge on any atom is 0.271 e. The second kappa shape index (κ2) is 5.55. The quantitative estimate of drug-likeness (QED) is 0.670. The van der Waals surface area contributed by atoms with Crippen LogP contribution in [0.15, 0.2) is 41.5 Å². The molecule has 0 unspecified atom stereocenters. The first-order valence-corrected chi connectivity index (χ1v) is 6.12. The van der Waals surface area contributed by atoms with Crippen LogP contribution in [0.4, 0.5) is 4.39 Å². The normalized spacial score (nSPS) is 10.8. The Balaban J connectivity index is 1.96. The lowest BCUT2D eigenvalue weighted by molar-refractivity contribution is 0.0955. The highest BCUT2D eigenvalue weighted by Gasteiger charge is 2.03. The monoisotopic (exact) mass is 262 g/mol. The van der Waals surface area contributed by atoms with Crippen molar-refractivity contribution in [2.75, 3.05) is 0 Å². The second-order valence-electron chi connectivity index (χ2n) is 3.65. The molecule has 1 amide bonds. The molecule has 3 nitrogen and oxygen atoms in total.